The van der Waals surface area contributed by atoms with Crippen molar-refractivity contribution in [2.75, 3.05) is 39.3 Å². The van der Waals surface area contributed by atoms with Gasteiger partial charge in [-0.1, -0.05) is 11.6 Å². The summed E-state index contributed by atoms with van der Waals surface area (Å²) >= 11 is 6.16. The van der Waals surface area contributed by atoms with Crippen molar-refractivity contribution in [3.05, 3.63) is 22.7 Å². The van der Waals surface area contributed by atoms with Crippen molar-refractivity contribution in [1.82, 2.24) is 4.90 Å². The predicted octanol–water partition coefficient (Wildman–Crippen LogP) is 2.61. The average Bonchev–Trinajstić information content (AvgIpc) is 2.45. The number of piperidine rings is 1. The van der Waals surface area contributed by atoms with Crippen LogP contribution in [0.1, 0.15) is 18.4 Å². The van der Waals surface area contributed by atoms with E-state index in [9.17, 15) is 8.42 Å². The van der Waals surface area contributed by atoms with Crippen molar-refractivity contribution in [3.63, 3.8) is 0 Å². The van der Waals surface area contributed by atoms with E-state index in [0.717, 1.165) is 31.5 Å². The van der Waals surface area contributed by atoms with Gasteiger partial charge in [0, 0.05) is 36.0 Å². The molecule has 23 heavy (non-hydrogen) atoms. The topological polar surface area (TPSA) is 55.8 Å². The molecule has 1 aromatic carbocycles. The zero-order valence-electron chi connectivity index (χ0n) is 13.8. The number of hydrogen-bond donors (Lipinski definition) is 0. The third kappa shape index (κ3) is 5.26. The minimum atomic E-state index is -2.94. The molecule has 5 nitrogen and oxygen atoms in total. The monoisotopic (exact) mass is 361 g/mol. The molecule has 1 aliphatic heterocycles. The molecule has 0 radical (unpaired) electrons. The van der Waals surface area contributed by atoms with Crippen LogP contribution in [-0.4, -0.2) is 52.6 Å². The maximum absolute atomic E-state index is 11.5. The molecule has 0 aromatic heterocycles. The molecule has 0 amide bonds. The van der Waals surface area contributed by atoms with Crippen LogP contribution in [0.4, 0.5) is 0 Å². The van der Waals surface area contributed by atoms with Crippen LogP contribution in [0, 0.1) is 5.92 Å². The fourth-order valence-corrected chi connectivity index (χ4v) is 4.58. The van der Waals surface area contributed by atoms with Gasteiger partial charge in [0.15, 0.2) is 11.5 Å². The summed E-state index contributed by atoms with van der Waals surface area (Å²) in [4.78, 5) is 2.26. The van der Waals surface area contributed by atoms with Crippen molar-refractivity contribution in [2.45, 2.75) is 19.4 Å². The number of hydrogen-bond acceptors (Lipinski definition) is 5. The van der Waals surface area contributed by atoms with Crippen LogP contribution in [0.25, 0.3) is 0 Å². The summed E-state index contributed by atoms with van der Waals surface area (Å²) in [7, 11) is 0.251. The van der Waals surface area contributed by atoms with Gasteiger partial charge < -0.3 is 9.47 Å². The lowest BCUT2D eigenvalue weighted by Gasteiger charge is -2.32. The zero-order chi connectivity index (χ0) is 17.0. The molecule has 1 heterocycles. The van der Waals surface area contributed by atoms with Gasteiger partial charge in [0.05, 0.1) is 20.0 Å². The summed E-state index contributed by atoms with van der Waals surface area (Å²) in [6.07, 6.45) is 3.26. The van der Waals surface area contributed by atoms with Gasteiger partial charge in [-0.2, -0.15) is 0 Å². The molecule has 1 fully saturated rings. The Balaban J connectivity index is 2.14. The standard InChI is InChI=1S/C16H24ClNO4S/c1-21-15-8-14(17)7-13(16(15)22-2)10-18-6-4-5-12(9-18)11-23(3,19)20/h7-8,12H,4-6,9-11H2,1-3H3/t12-/m1/s1. The Morgan fingerprint density at radius 3 is 2.65 bits per heavy atom. The SMILES string of the molecule is COc1cc(Cl)cc(CN2CCC[C@@H](CS(C)(=O)=O)C2)c1OC. The first-order valence-electron chi connectivity index (χ1n) is 7.63. The molecule has 1 aromatic rings. The first-order valence-corrected chi connectivity index (χ1v) is 10.1. The second-order valence-corrected chi connectivity index (χ2v) is 8.76. The molecule has 0 spiro atoms. The molecule has 0 aliphatic carbocycles. The molecule has 1 saturated heterocycles. The number of ether oxygens (including phenoxy) is 2. The number of nitrogens with zero attached hydrogens (tertiary/aromatic N) is 1. The third-order valence-electron chi connectivity index (χ3n) is 4.06. The van der Waals surface area contributed by atoms with Gasteiger partial charge in [-0.3, -0.25) is 4.90 Å². The summed E-state index contributed by atoms with van der Waals surface area (Å²) in [5.41, 5.74) is 0.955. The van der Waals surface area contributed by atoms with E-state index >= 15 is 0 Å². The third-order valence-corrected chi connectivity index (χ3v) is 5.35. The van der Waals surface area contributed by atoms with Crippen LogP contribution in [-0.2, 0) is 16.4 Å². The van der Waals surface area contributed by atoms with Crippen molar-refractivity contribution >= 4 is 21.4 Å². The first kappa shape index (κ1) is 18.4. The van der Waals surface area contributed by atoms with Crippen LogP contribution < -0.4 is 9.47 Å². The lowest BCUT2D eigenvalue weighted by Crippen LogP contribution is -2.37. The van der Waals surface area contributed by atoms with E-state index in [-0.39, 0.29) is 11.7 Å². The van der Waals surface area contributed by atoms with Gasteiger partial charge in [0.1, 0.15) is 9.84 Å². The van der Waals surface area contributed by atoms with Crippen molar-refractivity contribution in [2.24, 2.45) is 5.92 Å². The molecule has 0 saturated carbocycles. The van der Waals surface area contributed by atoms with Crippen LogP contribution in [0.5, 0.6) is 11.5 Å². The zero-order valence-corrected chi connectivity index (χ0v) is 15.4. The number of benzene rings is 1. The highest BCUT2D eigenvalue weighted by Gasteiger charge is 2.24. The molecule has 1 aliphatic rings. The molecule has 0 N–H and O–H groups in total. The second kappa shape index (κ2) is 7.73. The summed E-state index contributed by atoms with van der Waals surface area (Å²) < 4.78 is 33.8. The van der Waals surface area contributed by atoms with E-state index in [0.29, 0.717) is 23.1 Å². The molecule has 1 atom stereocenters. The molecule has 130 valence electrons. The van der Waals surface area contributed by atoms with E-state index in [1.807, 2.05) is 6.07 Å². The largest absolute Gasteiger partial charge is 0.493 e. The Hall–Kier alpha value is -0.980. The van der Waals surface area contributed by atoms with Crippen LogP contribution in [0.15, 0.2) is 12.1 Å². The highest BCUT2D eigenvalue weighted by molar-refractivity contribution is 7.90. The van der Waals surface area contributed by atoms with Crippen molar-refractivity contribution in [1.29, 1.82) is 0 Å². The van der Waals surface area contributed by atoms with Gasteiger partial charge in [-0.05, 0) is 31.4 Å². The van der Waals surface area contributed by atoms with Gasteiger partial charge >= 0.3 is 0 Å². The number of halogens is 1. The van der Waals surface area contributed by atoms with Gasteiger partial charge in [-0.25, -0.2) is 8.42 Å². The summed E-state index contributed by atoms with van der Waals surface area (Å²) in [5.74, 6) is 1.73. The van der Waals surface area contributed by atoms with Crippen molar-refractivity contribution in [3.8, 4) is 11.5 Å². The van der Waals surface area contributed by atoms with Gasteiger partial charge in [-0.15, -0.1) is 0 Å². The van der Waals surface area contributed by atoms with E-state index in [1.165, 1.54) is 6.26 Å². The Kier molecular flexibility index (Phi) is 6.17. The minimum absolute atomic E-state index is 0.186. The molecule has 2 rings (SSSR count). The average molecular weight is 362 g/mol. The molecular formula is C16H24ClNO4S. The van der Waals surface area contributed by atoms with Crippen LogP contribution in [0.2, 0.25) is 5.02 Å². The lowest BCUT2D eigenvalue weighted by molar-refractivity contribution is 0.175. The second-order valence-electron chi connectivity index (χ2n) is 6.14. The smallest absolute Gasteiger partial charge is 0.165 e. The highest BCUT2D eigenvalue weighted by Crippen LogP contribution is 2.35. The predicted molar refractivity (Wildman–Crippen MR) is 92.3 cm³/mol. The number of methoxy groups -OCH3 is 2. The fourth-order valence-electron chi connectivity index (χ4n) is 3.22. The van der Waals surface area contributed by atoms with Gasteiger partial charge in [0.25, 0.3) is 0 Å². The van der Waals surface area contributed by atoms with E-state index < -0.39 is 9.84 Å². The lowest BCUT2D eigenvalue weighted by atomic mass is 9.99. The molecule has 7 heteroatoms. The highest BCUT2D eigenvalue weighted by atomic mass is 35.5. The Labute approximate surface area is 143 Å². The van der Waals surface area contributed by atoms with E-state index in [2.05, 4.69) is 4.90 Å². The minimum Gasteiger partial charge on any atom is -0.493 e. The number of rotatable bonds is 6. The number of likely N-dealkylation sites (tertiary alicyclic amines) is 1. The Morgan fingerprint density at radius 2 is 2.04 bits per heavy atom. The number of sulfone groups is 1. The normalized spacial score (nSPS) is 19.6. The van der Waals surface area contributed by atoms with Crippen molar-refractivity contribution < 1.29 is 17.9 Å². The van der Waals surface area contributed by atoms with E-state index in [1.54, 1.807) is 20.3 Å². The fraction of sp³-hybridized carbons (Fsp3) is 0.625. The molecule has 0 bridgehead atoms. The first-order chi connectivity index (χ1) is 10.8. The Bertz CT molecular complexity index is 648. The summed E-state index contributed by atoms with van der Waals surface area (Å²) in [6, 6.07) is 3.61. The van der Waals surface area contributed by atoms with Gasteiger partial charge in [0.2, 0.25) is 0 Å². The Morgan fingerprint density at radius 1 is 1.30 bits per heavy atom. The maximum Gasteiger partial charge on any atom is 0.165 e. The molecular weight excluding hydrogens is 338 g/mol. The summed E-state index contributed by atoms with van der Waals surface area (Å²) in [5, 5.41) is 0.599. The van der Waals surface area contributed by atoms with E-state index in [4.69, 9.17) is 21.1 Å². The quantitative estimate of drug-likeness (QED) is 0.779. The molecule has 0 unspecified atom stereocenters. The van der Waals surface area contributed by atoms with Crippen LogP contribution >= 0.6 is 11.6 Å². The van der Waals surface area contributed by atoms with Crippen LogP contribution in [0.3, 0.4) is 0 Å². The summed E-state index contributed by atoms with van der Waals surface area (Å²) in [6.45, 7) is 2.38. The maximum atomic E-state index is 11.5.